The van der Waals surface area contributed by atoms with E-state index in [1.165, 1.54) is 11.3 Å². The van der Waals surface area contributed by atoms with Crippen molar-refractivity contribution < 1.29 is 9.59 Å². The summed E-state index contributed by atoms with van der Waals surface area (Å²) >= 11 is 1.54. The van der Waals surface area contributed by atoms with Crippen molar-refractivity contribution in [3.05, 3.63) is 22.4 Å². The highest BCUT2D eigenvalue weighted by Gasteiger charge is 2.33. The van der Waals surface area contributed by atoms with E-state index in [1.54, 1.807) is 0 Å². The van der Waals surface area contributed by atoms with E-state index < -0.39 is 5.41 Å². The van der Waals surface area contributed by atoms with Crippen LogP contribution < -0.4 is 10.9 Å². The quantitative estimate of drug-likeness (QED) is 0.802. The van der Waals surface area contributed by atoms with Crippen LogP contribution in [0.2, 0.25) is 0 Å². The Hall–Kier alpha value is -1.36. The van der Waals surface area contributed by atoms with Crippen LogP contribution in [-0.4, -0.2) is 11.8 Å². The second-order valence-electron chi connectivity index (χ2n) is 4.82. The van der Waals surface area contributed by atoms with Gasteiger partial charge in [0.1, 0.15) is 0 Å². The van der Waals surface area contributed by atoms with E-state index in [4.69, 9.17) is 0 Å². The van der Waals surface area contributed by atoms with Crippen molar-refractivity contribution in [3.8, 4) is 0 Å². The van der Waals surface area contributed by atoms with Crippen molar-refractivity contribution in [1.29, 1.82) is 0 Å². The average molecular weight is 252 g/mol. The maximum absolute atomic E-state index is 12.0. The van der Waals surface area contributed by atoms with Gasteiger partial charge in [0.05, 0.1) is 5.41 Å². The van der Waals surface area contributed by atoms with Gasteiger partial charge in [-0.05, 0) is 38.1 Å². The van der Waals surface area contributed by atoms with Crippen LogP contribution in [0.5, 0.6) is 0 Å². The molecule has 2 N–H and O–H groups in total. The van der Waals surface area contributed by atoms with Gasteiger partial charge in [0.15, 0.2) is 0 Å². The molecule has 0 unspecified atom stereocenters. The summed E-state index contributed by atoms with van der Waals surface area (Å²) in [5, 5.41) is 1.94. The third kappa shape index (κ3) is 2.66. The molecule has 17 heavy (non-hydrogen) atoms. The van der Waals surface area contributed by atoms with Gasteiger partial charge in [-0.3, -0.25) is 20.4 Å². The summed E-state index contributed by atoms with van der Waals surface area (Å²) in [6.07, 6.45) is 1.85. The summed E-state index contributed by atoms with van der Waals surface area (Å²) in [6.45, 7) is 3.69. The van der Waals surface area contributed by atoms with Crippen LogP contribution >= 0.6 is 11.3 Å². The van der Waals surface area contributed by atoms with Crippen molar-refractivity contribution in [2.45, 2.75) is 32.1 Å². The first-order valence-electron chi connectivity index (χ1n) is 5.66. The highest BCUT2D eigenvalue weighted by molar-refractivity contribution is 7.10. The zero-order valence-corrected chi connectivity index (χ0v) is 10.8. The van der Waals surface area contributed by atoms with Crippen molar-refractivity contribution >= 4 is 23.2 Å². The zero-order chi connectivity index (χ0) is 12.5. The van der Waals surface area contributed by atoms with Crippen LogP contribution in [-0.2, 0) is 15.0 Å². The summed E-state index contributed by atoms with van der Waals surface area (Å²) in [5.74, 6) is -0.172. The third-order valence-electron chi connectivity index (χ3n) is 2.95. The SMILES string of the molecule is CC(C)(C(=O)NNC(=O)C1CC1)c1cccs1. The summed E-state index contributed by atoms with van der Waals surface area (Å²) < 4.78 is 0. The molecule has 0 spiro atoms. The van der Waals surface area contributed by atoms with Crippen LogP contribution in [0.4, 0.5) is 0 Å². The van der Waals surface area contributed by atoms with Gasteiger partial charge in [-0.25, -0.2) is 0 Å². The van der Waals surface area contributed by atoms with E-state index in [0.717, 1.165) is 17.7 Å². The van der Waals surface area contributed by atoms with Crippen molar-refractivity contribution in [3.63, 3.8) is 0 Å². The fourth-order valence-corrected chi connectivity index (χ4v) is 2.32. The van der Waals surface area contributed by atoms with Gasteiger partial charge in [-0.1, -0.05) is 6.07 Å². The normalized spacial score (nSPS) is 15.4. The van der Waals surface area contributed by atoms with E-state index in [9.17, 15) is 9.59 Å². The number of hydrogen-bond acceptors (Lipinski definition) is 3. The molecule has 0 aromatic carbocycles. The molecule has 0 atom stereocenters. The number of carbonyl (C=O) groups excluding carboxylic acids is 2. The van der Waals surface area contributed by atoms with Gasteiger partial charge >= 0.3 is 0 Å². The molecule has 1 fully saturated rings. The monoisotopic (exact) mass is 252 g/mol. The molecule has 0 aliphatic heterocycles. The molecular weight excluding hydrogens is 236 g/mol. The third-order valence-corrected chi connectivity index (χ3v) is 4.15. The molecule has 92 valence electrons. The number of hydrogen-bond donors (Lipinski definition) is 2. The number of thiophene rings is 1. The zero-order valence-electron chi connectivity index (χ0n) is 9.95. The molecule has 5 heteroatoms. The lowest BCUT2D eigenvalue weighted by Gasteiger charge is -2.22. The minimum atomic E-state index is -0.620. The lowest BCUT2D eigenvalue weighted by molar-refractivity contribution is -0.132. The van der Waals surface area contributed by atoms with Crippen LogP contribution in [0.25, 0.3) is 0 Å². The number of rotatable bonds is 3. The van der Waals surface area contributed by atoms with Gasteiger partial charge in [0, 0.05) is 10.8 Å². The first-order chi connectivity index (χ1) is 8.01. The van der Waals surface area contributed by atoms with Crippen LogP contribution in [0.15, 0.2) is 17.5 Å². The molecule has 0 radical (unpaired) electrons. The predicted octanol–water partition coefficient (Wildman–Crippen LogP) is 1.58. The highest BCUT2D eigenvalue weighted by Crippen LogP contribution is 2.29. The number of nitrogens with one attached hydrogen (secondary N) is 2. The van der Waals surface area contributed by atoms with Gasteiger partial charge in [-0.2, -0.15) is 0 Å². The highest BCUT2D eigenvalue weighted by atomic mass is 32.1. The Morgan fingerprint density at radius 2 is 2.06 bits per heavy atom. The summed E-state index contributed by atoms with van der Waals surface area (Å²) in [7, 11) is 0. The Kier molecular flexibility index (Phi) is 3.19. The topological polar surface area (TPSA) is 58.2 Å². The number of amides is 2. The largest absolute Gasteiger partial charge is 0.273 e. The van der Waals surface area contributed by atoms with E-state index in [-0.39, 0.29) is 17.7 Å². The second kappa shape index (κ2) is 4.49. The molecule has 1 heterocycles. The predicted molar refractivity (Wildman–Crippen MR) is 66.4 cm³/mol. The molecular formula is C12H16N2O2S. The molecule has 0 bridgehead atoms. The molecule has 2 rings (SSSR count). The summed E-state index contributed by atoms with van der Waals surface area (Å²) in [5.41, 5.74) is 4.36. The van der Waals surface area contributed by atoms with Crippen LogP contribution in [0.3, 0.4) is 0 Å². The molecule has 4 nitrogen and oxygen atoms in total. The van der Waals surface area contributed by atoms with Crippen molar-refractivity contribution in [1.82, 2.24) is 10.9 Å². The first kappa shape index (κ1) is 12.1. The van der Waals surface area contributed by atoms with E-state index in [0.29, 0.717) is 0 Å². The van der Waals surface area contributed by atoms with Gasteiger partial charge < -0.3 is 0 Å². The Bertz CT molecular complexity index is 422. The molecule has 0 saturated heterocycles. The Labute approximate surface area is 104 Å². The lowest BCUT2D eigenvalue weighted by atomic mass is 9.91. The fraction of sp³-hybridized carbons (Fsp3) is 0.500. The van der Waals surface area contributed by atoms with Crippen LogP contribution in [0.1, 0.15) is 31.6 Å². The second-order valence-corrected chi connectivity index (χ2v) is 5.77. The molecule has 1 aliphatic rings. The minimum Gasteiger partial charge on any atom is -0.273 e. The number of carbonyl (C=O) groups is 2. The summed E-state index contributed by atoms with van der Waals surface area (Å²) in [6, 6.07) is 3.84. The average Bonchev–Trinajstić information content (AvgIpc) is 2.99. The standard InChI is InChI=1S/C12H16N2O2S/c1-12(2,9-4-3-7-17-9)11(16)14-13-10(15)8-5-6-8/h3-4,7-8H,5-6H2,1-2H3,(H,13,15)(H,14,16). The molecule has 1 aliphatic carbocycles. The molecule has 1 aromatic rings. The minimum absolute atomic E-state index is 0.0830. The molecule has 1 saturated carbocycles. The maximum Gasteiger partial charge on any atom is 0.249 e. The van der Waals surface area contributed by atoms with Gasteiger partial charge in [0.25, 0.3) is 0 Å². The first-order valence-corrected chi connectivity index (χ1v) is 6.54. The maximum atomic E-state index is 12.0. The molecule has 1 aromatic heterocycles. The van der Waals surface area contributed by atoms with Crippen LogP contribution in [0, 0.1) is 5.92 Å². The Morgan fingerprint density at radius 1 is 1.35 bits per heavy atom. The van der Waals surface area contributed by atoms with E-state index in [2.05, 4.69) is 10.9 Å². The molecule has 2 amide bonds. The van der Waals surface area contributed by atoms with Gasteiger partial charge in [-0.15, -0.1) is 11.3 Å². The Balaban J connectivity index is 1.92. The van der Waals surface area contributed by atoms with Crippen molar-refractivity contribution in [2.24, 2.45) is 5.92 Å². The lowest BCUT2D eigenvalue weighted by Crippen LogP contribution is -2.49. The summed E-state index contributed by atoms with van der Waals surface area (Å²) in [4.78, 5) is 24.4. The van der Waals surface area contributed by atoms with E-state index >= 15 is 0 Å². The van der Waals surface area contributed by atoms with Crippen molar-refractivity contribution in [2.75, 3.05) is 0 Å². The Morgan fingerprint density at radius 3 is 2.59 bits per heavy atom. The fourth-order valence-electron chi connectivity index (χ4n) is 1.47. The number of hydrazine groups is 1. The van der Waals surface area contributed by atoms with E-state index in [1.807, 2.05) is 31.4 Å². The van der Waals surface area contributed by atoms with Gasteiger partial charge in [0.2, 0.25) is 11.8 Å². The smallest absolute Gasteiger partial charge is 0.249 e.